The molecule has 0 heterocycles. The summed E-state index contributed by atoms with van der Waals surface area (Å²) in [6, 6.07) is 21.6. The van der Waals surface area contributed by atoms with Gasteiger partial charge in [-0.15, -0.1) is 11.8 Å². The average molecular weight is 584 g/mol. The van der Waals surface area contributed by atoms with Crippen LogP contribution in [-0.4, -0.2) is 57.1 Å². The van der Waals surface area contributed by atoms with Crippen LogP contribution in [0.4, 0.5) is 5.69 Å². The van der Waals surface area contributed by atoms with Crippen LogP contribution in [0, 0.1) is 0 Å². The molecule has 3 aromatic carbocycles. The van der Waals surface area contributed by atoms with Crippen LogP contribution in [0.15, 0.2) is 88.7 Å². The number of nitrogens with zero attached hydrogens (tertiary/aromatic N) is 2. The molecule has 0 saturated carbocycles. The molecule has 10 heteroatoms. The van der Waals surface area contributed by atoms with Crippen LogP contribution in [0.1, 0.15) is 32.8 Å². The van der Waals surface area contributed by atoms with Gasteiger partial charge in [-0.25, -0.2) is 8.42 Å². The second-order valence-corrected chi connectivity index (χ2v) is 11.8. The third-order valence-electron chi connectivity index (χ3n) is 6.27. The first-order valence-electron chi connectivity index (χ1n) is 13.2. The van der Waals surface area contributed by atoms with Crippen LogP contribution in [0.2, 0.25) is 0 Å². The first-order chi connectivity index (χ1) is 19.2. The molecule has 0 aromatic heterocycles. The molecule has 0 aliphatic rings. The standard InChI is InChI=1S/C30H37N3O5S2/c1-5-20-31-30(35)23(3)32(21-24-10-8-7-9-11-24)29(34)22-33(25-12-14-26(15-13-25)38-6-2)40(36,37)28-18-16-27(39-4)17-19-28/h7-19,23H,5-6,20-22H2,1-4H3,(H,31,35). The molecule has 3 aromatic rings. The van der Waals surface area contributed by atoms with E-state index in [0.717, 1.165) is 21.2 Å². The molecule has 0 radical (unpaired) electrons. The number of rotatable bonds is 14. The molecule has 214 valence electrons. The number of sulfonamides is 1. The lowest BCUT2D eigenvalue weighted by molar-refractivity contribution is -0.139. The Labute approximate surface area is 241 Å². The fourth-order valence-corrected chi connectivity index (χ4v) is 5.86. The van der Waals surface area contributed by atoms with Crippen molar-refractivity contribution in [2.75, 3.05) is 30.3 Å². The summed E-state index contributed by atoms with van der Waals surface area (Å²) in [7, 11) is -4.13. The van der Waals surface area contributed by atoms with Gasteiger partial charge in [-0.3, -0.25) is 13.9 Å². The Morgan fingerprint density at radius 2 is 1.60 bits per heavy atom. The average Bonchev–Trinajstić information content (AvgIpc) is 2.98. The van der Waals surface area contributed by atoms with E-state index in [1.807, 2.05) is 50.4 Å². The molecule has 0 saturated heterocycles. The van der Waals surface area contributed by atoms with Gasteiger partial charge in [0, 0.05) is 18.0 Å². The Kier molecular flexibility index (Phi) is 11.5. The van der Waals surface area contributed by atoms with Gasteiger partial charge in [-0.1, -0.05) is 37.3 Å². The van der Waals surface area contributed by atoms with E-state index in [-0.39, 0.29) is 17.3 Å². The highest BCUT2D eigenvalue weighted by Gasteiger charge is 2.32. The van der Waals surface area contributed by atoms with Crippen molar-refractivity contribution in [2.24, 2.45) is 0 Å². The molecule has 1 unspecified atom stereocenters. The monoisotopic (exact) mass is 583 g/mol. The molecule has 40 heavy (non-hydrogen) atoms. The Morgan fingerprint density at radius 3 is 2.17 bits per heavy atom. The summed E-state index contributed by atoms with van der Waals surface area (Å²) in [5.74, 6) is -0.207. The van der Waals surface area contributed by atoms with Gasteiger partial charge >= 0.3 is 0 Å². The molecular formula is C30H37N3O5S2. The topological polar surface area (TPSA) is 96.0 Å². The van der Waals surface area contributed by atoms with Crippen LogP contribution in [0.3, 0.4) is 0 Å². The lowest BCUT2D eigenvalue weighted by Crippen LogP contribution is -2.51. The van der Waals surface area contributed by atoms with E-state index in [0.29, 0.717) is 24.6 Å². The molecular weight excluding hydrogens is 546 g/mol. The van der Waals surface area contributed by atoms with E-state index in [4.69, 9.17) is 4.74 Å². The highest BCUT2D eigenvalue weighted by molar-refractivity contribution is 7.98. The molecule has 2 amide bonds. The Bertz CT molecular complexity index is 1350. The van der Waals surface area contributed by atoms with Crippen LogP contribution in [0.25, 0.3) is 0 Å². The molecule has 3 rings (SSSR count). The van der Waals surface area contributed by atoms with E-state index in [9.17, 15) is 18.0 Å². The minimum absolute atomic E-state index is 0.0651. The van der Waals surface area contributed by atoms with Crippen LogP contribution < -0.4 is 14.4 Å². The maximum atomic E-state index is 13.9. The summed E-state index contributed by atoms with van der Waals surface area (Å²) in [6.45, 7) is 6.08. The number of hydrogen-bond donors (Lipinski definition) is 1. The lowest BCUT2D eigenvalue weighted by atomic mass is 10.1. The van der Waals surface area contributed by atoms with E-state index in [1.165, 1.54) is 28.8 Å². The maximum absolute atomic E-state index is 13.9. The molecule has 1 N–H and O–H groups in total. The van der Waals surface area contributed by atoms with Crippen LogP contribution in [0.5, 0.6) is 5.75 Å². The van der Waals surface area contributed by atoms with Gasteiger partial charge in [0.1, 0.15) is 18.3 Å². The third-order valence-corrected chi connectivity index (χ3v) is 8.81. The van der Waals surface area contributed by atoms with Crippen LogP contribution in [-0.2, 0) is 26.2 Å². The zero-order valence-electron chi connectivity index (χ0n) is 23.4. The summed E-state index contributed by atoms with van der Waals surface area (Å²) in [6.07, 6.45) is 2.66. The van der Waals surface area contributed by atoms with Gasteiger partial charge in [0.15, 0.2) is 0 Å². The second-order valence-electron chi connectivity index (χ2n) is 9.09. The van der Waals surface area contributed by atoms with Crippen molar-refractivity contribution in [1.29, 1.82) is 0 Å². The Morgan fingerprint density at radius 1 is 0.950 bits per heavy atom. The number of hydrogen-bond acceptors (Lipinski definition) is 6. The van der Waals surface area contributed by atoms with Gasteiger partial charge in [0.2, 0.25) is 11.8 Å². The highest BCUT2D eigenvalue weighted by Crippen LogP contribution is 2.28. The number of benzene rings is 3. The summed E-state index contributed by atoms with van der Waals surface area (Å²) >= 11 is 1.50. The molecule has 8 nitrogen and oxygen atoms in total. The molecule has 0 aliphatic carbocycles. The molecule has 0 spiro atoms. The van der Waals surface area contributed by atoms with Gasteiger partial charge < -0.3 is 15.0 Å². The van der Waals surface area contributed by atoms with Gasteiger partial charge in [0.05, 0.1) is 17.2 Å². The molecule has 0 bridgehead atoms. The number of nitrogens with one attached hydrogen (secondary N) is 1. The summed E-state index contributed by atoms with van der Waals surface area (Å²) < 4.78 is 34.5. The van der Waals surface area contributed by atoms with Crippen molar-refractivity contribution in [3.8, 4) is 5.75 Å². The quantitative estimate of drug-likeness (QED) is 0.270. The molecule has 1 atom stereocenters. The smallest absolute Gasteiger partial charge is 0.264 e. The summed E-state index contributed by atoms with van der Waals surface area (Å²) in [5, 5.41) is 2.84. The second kappa shape index (κ2) is 14.8. The first-order valence-corrected chi connectivity index (χ1v) is 15.9. The number of ether oxygens (including phenoxy) is 1. The van der Waals surface area contributed by atoms with E-state index in [2.05, 4.69) is 5.32 Å². The number of carbonyl (C=O) groups is 2. The van der Waals surface area contributed by atoms with Crippen LogP contribution >= 0.6 is 11.8 Å². The molecule has 0 fully saturated rings. The summed E-state index contributed by atoms with van der Waals surface area (Å²) in [5.41, 5.74) is 1.14. The van der Waals surface area contributed by atoms with Crippen molar-refractivity contribution < 1.29 is 22.7 Å². The number of anilines is 1. The SMILES string of the molecule is CCCNC(=O)C(C)N(Cc1ccccc1)C(=O)CN(c1ccc(OCC)cc1)S(=O)(=O)c1ccc(SC)cc1. The zero-order chi connectivity index (χ0) is 29.1. The fraction of sp³-hybridized carbons (Fsp3) is 0.333. The van der Waals surface area contributed by atoms with E-state index in [1.54, 1.807) is 43.3 Å². The van der Waals surface area contributed by atoms with Gasteiger partial charge in [-0.05, 0) is 80.6 Å². The predicted molar refractivity (Wildman–Crippen MR) is 160 cm³/mol. The summed E-state index contributed by atoms with van der Waals surface area (Å²) in [4.78, 5) is 29.2. The Hall–Kier alpha value is -3.50. The number of carbonyl (C=O) groups excluding carboxylic acids is 2. The minimum Gasteiger partial charge on any atom is -0.494 e. The van der Waals surface area contributed by atoms with E-state index >= 15 is 0 Å². The third kappa shape index (κ3) is 8.02. The zero-order valence-corrected chi connectivity index (χ0v) is 25.0. The van der Waals surface area contributed by atoms with E-state index < -0.39 is 28.5 Å². The van der Waals surface area contributed by atoms with Crippen molar-refractivity contribution in [3.63, 3.8) is 0 Å². The van der Waals surface area contributed by atoms with Gasteiger partial charge in [-0.2, -0.15) is 0 Å². The first kappa shape index (κ1) is 31.0. The van der Waals surface area contributed by atoms with Gasteiger partial charge in [0.25, 0.3) is 10.0 Å². The molecule has 0 aliphatic heterocycles. The maximum Gasteiger partial charge on any atom is 0.264 e. The minimum atomic E-state index is -4.13. The number of amides is 2. The Balaban J connectivity index is 2.01. The highest BCUT2D eigenvalue weighted by atomic mass is 32.2. The fourth-order valence-electron chi connectivity index (χ4n) is 4.04. The normalized spacial score (nSPS) is 11.9. The van der Waals surface area contributed by atoms with Crippen molar-refractivity contribution in [1.82, 2.24) is 10.2 Å². The largest absolute Gasteiger partial charge is 0.494 e. The van der Waals surface area contributed by atoms with Crippen molar-refractivity contribution >= 4 is 39.3 Å². The van der Waals surface area contributed by atoms with Crippen molar-refractivity contribution in [2.45, 2.75) is 49.6 Å². The van der Waals surface area contributed by atoms with Crippen molar-refractivity contribution in [3.05, 3.63) is 84.4 Å². The lowest BCUT2D eigenvalue weighted by Gasteiger charge is -2.32. The predicted octanol–water partition coefficient (Wildman–Crippen LogP) is 4.95. The number of thioether (sulfide) groups is 1.